The summed E-state index contributed by atoms with van der Waals surface area (Å²) in [6, 6.07) is 2.18. The molecule has 2 heterocycles. The van der Waals surface area contributed by atoms with Gasteiger partial charge in [-0.1, -0.05) is 25.6 Å². The zero-order chi connectivity index (χ0) is 15.2. The predicted octanol–water partition coefficient (Wildman–Crippen LogP) is 2.22. The minimum absolute atomic E-state index is 0.431. The molecule has 0 saturated heterocycles. The molecule has 7 heteroatoms. The van der Waals surface area contributed by atoms with E-state index in [2.05, 4.69) is 51.4 Å². The van der Waals surface area contributed by atoms with Crippen LogP contribution in [0.1, 0.15) is 44.4 Å². The third-order valence-electron chi connectivity index (χ3n) is 3.35. The Labute approximate surface area is 130 Å². The fourth-order valence-electron chi connectivity index (χ4n) is 2.24. The lowest BCUT2D eigenvalue weighted by Crippen LogP contribution is -2.09. The van der Waals surface area contributed by atoms with Crippen LogP contribution in [-0.4, -0.2) is 24.5 Å². The van der Waals surface area contributed by atoms with Crippen LogP contribution in [0.2, 0.25) is 0 Å². The molecule has 0 fully saturated rings. The maximum absolute atomic E-state index is 5.72. The van der Waals surface area contributed by atoms with Gasteiger partial charge in [0.05, 0.1) is 12.2 Å². The van der Waals surface area contributed by atoms with Crippen molar-refractivity contribution >= 4 is 11.8 Å². The van der Waals surface area contributed by atoms with E-state index in [-0.39, 0.29) is 0 Å². The van der Waals surface area contributed by atoms with E-state index in [1.807, 2.05) is 0 Å². The summed E-state index contributed by atoms with van der Waals surface area (Å²) in [5, 5.41) is 14.0. The second-order valence-electron chi connectivity index (χ2n) is 4.84. The highest BCUT2D eigenvalue weighted by molar-refractivity contribution is 7.98. The predicted molar refractivity (Wildman–Crippen MR) is 85.0 cm³/mol. The second-order valence-corrected chi connectivity index (χ2v) is 5.78. The van der Waals surface area contributed by atoms with E-state index in [9.17, 15) is 0 Å². The summed E-state index contributed by atoms with van der Waals surface area (Å²) in [5.41, 5.74) is 8.10. The van der Waals surface area contributed by atoms with Crippen LogP contribution >= 0.6 is 11.8 Å². The molecular weight excluding hydrogens is 284 g/mol. The third kappa shape index (κ3) is 3.65. The third-order valence-corrected chi connectivity index (χ3v) is 4.35. The molecule has 0 atom stereocenters. The van der Waals surface area contributed by atoms with Gasteiger partial charge >= 0.3 is 0 Å². The molecule has 2 rings (SSSR count). The summed E-state index contributed by atoms with van der Waals surface area (Å²) < 4.78 is 4.19. The van der Waals surface area contributed by atoms with E-state index in [1.54, 1.807) is 11.8 Å². The van der Waals surface area contributed by atoms with Crippen LogP contribution in [0.3, 0.4) is 0 Å². The van der Waals surface area contributed by atoms with Crippen LogP contribution in [0.25, 0.3) is 0 Å². The van der Waals surface area contributed by atoms with Gasteiger partial charge < -0.3 is 10.3 Å². The maximum Gasteiger partial charge on any atom is 0.191 e. The fraction of sp³-hybridized carbons (Fsp3) is 0.643. The molecule has 6 nitrogen and oxygen atoms in total. The number of nitrogens with zero attached hydrogens (tertiary/aromatic N) is 5. The van der Waals surface area contributed by atoms with Crippen LogP contribution in [0.4, 0.5) is 0 Å². The molecule has 116 valence electrons. The highest BCUT2D eigenvalue weighted by atomic mass is 32.2. The van der Waals surface area contributed by atoms with Crippen molar-refractivity contribution in [2.45, 2.75) is 64.2 Å². The number of nitrogens with two attached hydrogens (primary N) is 1. The topological polar surface area (TPSA) is 74.6 Å². The molecule has 0 aliphatic heterocycles. The van der Waals surface area contributed by atoms with Gasteiger partial charge in [0, 0.05) is 24.5 Å². The van der Waals surface area contributed by atoms with Gasteiger partial charge in [0.25, 0.3) is 0 Å². The van der Waals surface area contributed by atoms with Gasteiger partial charge in [-0.25, -0.2) is 0 Å². The van der Waals surface area contributed by atoms with E-state index in [0.29, 0.717) is 6.54 Å². The number of aromatic nitrogens is 5. The number of rotatable bonds is 8. The Bertz CT molecular complexity index is 574. The summed E-state index contributed by atoms with van der Waals surface area (Å²) in [6.45, 7) is 8.63. The minimum Gasteiger partial charge on any atom is -0.324 e. The quantitative estimate of drug-likeness (QED) is 0.757. The number of aryl methyl sites for hydroxylation is 2. The maximum atomic E-state index is 5.72. The molecule has 21 heavy (non-hydrogen) atoms. The molecule has 0 saturated carbocycles. The summed E-state index contributed by atoms with van der Waals surface area (Å²) in [5.74, 6) is 1.71. The Hall–Kier alpha value is -1.34. The standard InChI is InChI=1S/C14H24N6S/c1-4-7-19-13(9-15)16-17-14(19)21-10-12-8-11(5-2)18-20(12)6-3/h8H,4-7,9-10,15H2,1-3H3. The van der Waals surface area contributed by atoms with Gasteiger partial charge in [0.2, 0.25) is 0 Å². The van der Waals surface area contributed by atoms with Gasteiger partial charge in [0.15, 0.2) is 5.16 Å². The zero-order valence-corrected chi connectivity index (χ0v) is 13.9. The van der Waals surface area contributed by atoms with Crippen molar-refractivity contribution in [1.82, 2.24) is 24.5 Å². The lowest BCUT2D eigenvalue weighted by molar-refractivity contribution is 0.591. The van der Waals surface area contributed by atoms with E-state index in [4.69, 9.17) is 5.73 Å². The molecule has 0 unspecified atom stereocenters. The lowest BCUT2D eigenvalue weighted by Gasteiger charge is -2.08. The van der Waals surface area contributed by atoms with E-state index < -0.39 is 0 Å². The Balaban J connectivity index is 2.12. The average Bonchev–Trinajstić information content (AvgIpc) is 3.08. The van der Waals surface area contributed by atoms with Crippen molar-refractivity contribution in [3.63, 3.8) is 0 Å². The molecular formula is C14H24N6S. The number of hydrogen-bond donors (Lipinski definition) is 1. The first-order valence-corrected chi connectivity index (χ1v) is 8.52. The molecule has 0 aliphatic rings. The van der Waals surface area contributed by atoms with Gasteiger partial charge in [-0.15, -0.1) is 10.2 Å². The molecule has 0 bridgehead atoms. The number of hydrogen-bond acceptors (Lipinski definition) is 5. The van der Waals surface area contributed by atoms with Crippen LogP contribution in [0.5, 0.6) is 0 Å². The molecule has 0 radical (unpaired) electrons. The SMILES string of the molecule is CCCn1c(CN)nnc1SCc1cc(CC)nn1CC. The van der Waals surface area contributed by atoms with Crippen molar-refractivity contribution in [2.24, 2.45) is 5.73 Å². The second kappa shape index (κ2) is 7.61. The Morgan fingerprint density at radius 2 is 2.05 bits per heavy atom. The fourth-order valence-corrected chi connectivity index (χ4v) is 3.20. The Morgan fingerprint density at radius 1 is 1.24 bits per heavy atom. The minimum atomic E-state index is 0.431. The Kier molecular flexibility index (Phi) is 5.81. The largest absolute Gasteiger partial charge is 0.324 e. The van der Waals surface area contributed by atoms with Gasteiger partial charge in [-0.3, -0.25) is 4.68 Å². The highest BCUT2D eigenvalue weighted by Gasteiger charge is 2.13. The van der Waals surface area contributed by atoms with E-state index >= 15 is 0 Å². The van der Waals surface area contributed by atoms with Crippen molar-refractivity contribution < 1.29 is 0 Å². The molecule has 0 aromatic carbocycles. The number of thioether (sulfide) groups is 1. The lowest BCUT2D eigenvalue weighted by atomic mass is 10.3. The van der Waals surface area contributed by atoms with Crippen LogP contribution in [0, 0.1) is 0 Å². The van der Waals surface area contributed by atoms with Gasteiger partial charge in [-0.2, -0.15) is 5.10 Å². The smallest absolute Gasteiger partial charge is 0.191 e. The Morgan fingerprint density at radius 3 is 2.67 bits per heavy atom. The first-order valence-electron chi connectivity index (χ1n) is 7.53. The van der Waals surface area contributed by atoms with Crippen LogP contribution in [0.15, 0.2) is 11.2 Å². The van der Waals surface area contributed by atoms with Crippen LogP contribution < -0.4 is 5.73 Å². The summed E-state index contributed by atoms with van der Waals surface area (Å²) in [7, 11) is 0. The molecule has 2 aromatic rings. The van der Waals surface area contributed by atoms with Crippen molar-refractivity contribution in [2.75, 3.05) is 0 Å². The molecule has 0 amide bonds. The summed E-state index contributed by atoms with van der Waals surface area (Å²) >= 11 is 1.70. The normalized spacial score (nSPS) is 11.2. The van der Waals surface area contributed by atoms with Crippen molar-refractivity contribution in [3.8, 4) is 0 Å². The van der Waals surface area contributed by atoms with E-state index in [1.165, 1.54) is 5.69 Å². The average molecular weight is 308 g/mol. The first-order chi connectivity index (χ1) is 10.2. The molecule has 0 spiro atoms. The van der Waals surface area contributed by atoms with Gasteiger partial charge in [-0.05, 0) is 25.8 Å². The van der Waals surface area contributed by atoms with E-state index in [0.717, 1.165) is 48.4 Å². The monoisotopic (exact) mass is 308 g/mol. The molecule has 2 N–H and O–H groups in total. The first kappa shape index (κ1) is 16.0. The van der Waals surface area contributed by atoms with Gasteiger partial charge in [0.1, 0.15) is 5.82 Å². The summed E-state index contributed by atoms with van der Waals surface area (Å²) in [6.07, 6.45) is 2.01. The molecule has 0 aliphatic carbocycles. The zero-order valence-electron chi connectivity index (χ0n) is 13.0. The highest BCUT2D eigenvalue weighted by Crippen LogP contribution is 2.23. The summed E-state index contributed by atoms with van der Waals surface area (Å²) in [4.78, 5) is 0. The van der Waals surface area contributed by atoms with Crippen molar-refractivity contribution in [1.29, 1.82) is 0 Å². The van der Waals surface area contributed by atoms with Crippen molar-refractivity contribution in [3.05, 3.63) is 23.3 Å². The molecule has 2 aromatic heterocycles. The van der Waals surface area contributed by atoms with Crippen LogP contribution in [-0.2, 0) is 31.8 Å².